The van der Waals surface area contributed by atoms with Crippen molar-refractivity contribution in [2.45, 2.75) is 12.2 Å². The zero-order valence-electron chi connectivity index (χ0n) is 11.3. The fourth-order valence-corrected chi connectivity index (χ4v) is 1.70. The Bertz CT molecular complexity index is 531. The SMILES string of the molecule is CC(C(=O)Nc1ccc(OCCN)cc1)S(C)(=O)=O.Cl. The highest BCUT2D eigenvalue weighted by Gasteiger charge is 2.23. The zero-order chi connectivity index (χ0) is 14.5. The van der Waals surface area contributed by atoms with E-state index in [-0.39, 0.29) is 12.4 Å². The highest BCUT2D eigenvalue weighted by atomic mass is 35.5. The number of halogens is 1. The number of anilines is 1. The van der Waals surface area contributed by atoms with Crippen LogP contribution < -0.4 is 15.8 Å². The van der Waals surface area contributed by atoms with Gasteiger partial charge in [0.05, 0.1) is 0 Å². The lowest BCUT2D eigenvalue weighted by Crippen LogP contribution is -2.31. The Morgan fingerprint density at radius 3 is 2.35 bits per heavy atom. The van der Waals surface area contributed by atoms with Crippen molar-refractivity contribution < 1.29 is 17.9 Å². The first-order valence-corrected chi connectivity index (χ1v) is 7.72. The van der Waals surface area contributed by atoms with Gasteiger partial charge < -0.3 is 15.8 Å². The number of ether oxygens (including phenoxy) is 1. The number of hydrogen-bond acceptors (Lipinski definition) is 5. The Morgan fingerprint density at radius 1 is 1.35 bits per heavy atom. The number of sulfone groups is 1. The normalized spacial score (nSPS) is 12.2. The van der Waals surface area contributed by atoms with Crippen molar-refractivity contribution in [2.24, 2.45) is 5.73 Å². The minimum atomic E-state index is -3.39. The quantitative estimate of drug-likeness (QED) is 0.808. The van der Waals surface area contributed by atoms with Gasteiger partial charge in [0.15, 0.2) is 9.84 Å². The van der Waals surface area contributed by atoms with Crippen LogP contribution in [0.3, 0.4) is 0 Å². The van der Waals surface area contributed by atoms with E-state index in [0.29, 0.717) is 24.6 Å². The van der Waals surface area contributed by atoms with Crippen LogP contribution in [0, 0.1) is 0 Å². The van der Waals surface area contributed by atoms with Gasteiger partial charge in [-0.2, -0.15) is 0 Å². The van der Waals surface area contributed by atoms with Crippen LogP contribution in [0.5, 0.6) is 5.75 Å². The molecule has 0 fully saturated rings. The molecule has 0 aliphatic carbocycles. The van der Waals surface area contributed by atoms with Gasteiger partial charge in [-0.25, -0.2) is 8.42 Å². The Morgan fingerprint density at radius 2 is 1.90 bits per heavy atom. The Kier molecular flexibility index (Phi) is 7.55. The summed E-state index contributed by atoms with van der Waals surface area (Å²) in [5.74, 6) is 0.0812. The summed E-state index contributed by atoms with van der Waals surface area (Å²) in [5.41, 5.74) is 5.82. The molecule has 0 bridgehead atoms. The molecule has 1 aromatic rings. The molecule has 1 amide bonds. The second-order valence-electron chi connectivity index (χ2n) is 4.12. The molecule has 1 rings (SSSR count). The topological polar surface area (TPSA) is 98.5 Å². The summed E-state index contributed by atoms with van der Waals surface area (Å²) in [6.07, 6.45) is 1.03. The van der Waals surface area contributed by atoms with Gasteiger partial charge in [0, 0.05) is 18.5 Å². The van der Waals surface area contributed by atoms with Crippen molar-refractivity contribution >= 4 is 33.8 Å². The van der Waals surface area contributed by atoms with E-state index in [9.17, 15) is 13.2 Å². The summed E-state index contributed by atoms with van der Waals surface area (Å²) in [7, 11) is -3.39. The van der Waals surface area contributed by atoms with Gasteiger partial charge in [-0.3, -0.25) is 4.79 Å². The van der Waals surface area contributed by atoms with Crippen molar-refractivity contribution in [1.82, 2.24) is 0 Å². The molecule has 8 heteroatoms. The number of carbonyl (C=O) groups excluding carboxylic acids is 1. The van der Waals surface area contributed by atoms with E-state index in [1.54, 1.807) is 24.3 Å². The van der Waals surface area contributed by atoms with Crippen LogP contribution in [0.1, 0.15) is 6.92 Å². The molecule has 0 saturated carbocycles. The van der Waals surface area contributed by atoms with Gasteiger partial charge in [-0.1, -0.05) is 0 Å². The fourth-order valence-electron chi connectivity index (χ4n) is 1.25. The first kappa shape index (κ1) is 18.7. The number of nitrogens with two attached hydrogens (primary N) is 1. The maximum Gasteiger partial charge on any atom is 0.242 e. The van der Waals surface area contributed by atoms with Crippen molar-refractivity contribution in [3.05, 3.63) is 24.3 Å². The van der Waals surface area contributed by atoms with Crippen molar-refractivity contribution in [1.29, 1.82) is 0 Å². The lowest BCUT2D eigenvalue weighted by molar-refractivity contribution is -0.115. The van der Waals surface area contributed by atoms with E-state index < -0.39 is 21.0 Å². The van der Waals surface area contributed by atoms with Crippen molar-refractivity contribution in [2.75, 3.05) is 24.7 Å². The van der Waals surface area contributed by atoms with Gasteiger partial charge in [-0.05, 0) is 31.2 Å². The second-order valence-corrected chi connectivity index (χ2v) is 6.49. The standard InChI is InChI=1S/C12H18N2O4S.ClH/c1-9(19(2,16)17)12(15)14-10-3-5-11(6-4-10)18-8-7-13;/h3-6,9H,7-8,13H2,1-2H3,(H,14,15);1H. The van der Waals surface area contributed by atoms with E-state index >= 15 is 0 Å². The van der Waals surface area contributed by atoms with Crippen LogP contribution in [-0.2, 0) is 14.6 Å². The molecule has 0 saturated heterocycles. The maximum absolute atomic E-state index is 11.7. The van der Waals surface area contributed by atoms with Gasteiger partial charge in [-0.15, -0.1) is 12.4 Å². The molecule has 1 aromatic carbocycles. The predicted octanol–water partition coefficient (Wildman–Crippen LogP) is 0.817. The molecule has 20 heavy (non-hydrogen) atoms. The van der Waals surface area contributed by atoms with Crippen LogP contribution in [0.15, 0.2) is 24.3 Å². The van der Waals surface area contributed by atoms with E-state index in [4.69, 9.17) is 10.5 Å². The largest absolute Gasteiger partial charge is 0.492 e. The Labute approximate surface area is 125 Å². The summed E-state index contributed by atoms with van der Waals surface area (Å²) in [6.45, 7) is 2.19. The highest BCUT2D eigenvalue weighted by Crippen LogP contribution is 2.16. The second kappa shape index (κ2) is 8.08. The summed E-state index contributed by atoms with van der Waals surface area (Å²) in [5, 5.41) is 1.45. The molecule has 1 atom stereocenters. The summed E-state index contributed by atoms with van der Waals surface area (Å²) < 4.78 is 27.8. The van der Waals surface area contributed by atoms with E-state index in [0.717, 1.165) is 6.26 Å². The summed E-state index contributed by atoms with van der Waals surface area (Å²) in [6, 6.07) is 6.63. The lowest BCUT2D eigenvalue weighted by atomic mass is 10.3. The molecule has 6 nitrogen and oxygen atoms in total. The van der Waals surface area contributed by atoms with E-state index in [1.165, 1.54) is 6.92 Å². The molecule has 0 aliphatic heterocycles. The fraction of sp³-hybridized carbons (Fsp3) is 0.417. The third-order valence-corrected chi connectivity index (χ3v) is 4.02. The minimum Gasteiger partial charge on any atom is -0.492 e. The predicted molar refractivity (Wildman–Crippen MR) is 81.2 cm³/mol. The number of rotatable bonds is 6. The molecule has 0 aliphatic rings. The first-order valence-electron chi connectivity index (χ1n) is 5.77. The number of carbonyl (C=O) groups is 1. The van der Waals surface area contributed by atoms with Gasteiger partial charge in [0.25, 0.3) is 0 Å². The highest BCUT2D eigenvalue weighted by molar-refractivity contribution is 7.92. The lowest BCUT2D eigenvalue weighted by Gasteiger charge is -2.11. The van der Waals surface area contributed by atoms with Crippen LogP contribution in [-0.4, -0.2) is 39.0 Å². The molecule has 0 aromatic heterocycles. The van der Waals surface area contributed by atoms with E-state index in [2.05, 4.69) is 5.32 Å². The van der Waals surface area contributed by atoms with Crippen LogP contribution >= 0.6 is 12.4 Å². The monoisotopic (exact) mass is 322 g/mol. The Hall–Kier alpha value is -1.31. The average Bonchev–Trinajstić information content (AvgIpc) is 2.36. The van der Waals surface area contributed by atoms with Gasteiger partial charge in [0.1, 0.15) is 17.6 Å². The molecule has 3 N–H and O–H groups in total. The molecule has 0 radical (unpaired) electrons. The molecular formula is C12H19ClN2O4S. The third kappa shape index (κ3) is 5.77. The van der Waals surface area contributed by atoms with Crippen LogP contribution in [0.25, 0.3) is 0 Å². The number of hydrogen-bond donors (Lipinski definition) is 2. The summed E-state index contributed by atoms with van der Waals surface area (Å²) >= 11 is 0. The Balaban J connectivity index is 0.00000361. The maximum atomic E-state index is 11.7. The molecule has 0 heterocycles. The van der Waals surface area contributed by atoms with Crippen molar-refractivity contribution in [3.8, 4) is 5.75 Å². The van der Waals surface area contributed by atoms with Crippen molar-refractivity contribution in [3.63, 3.8) is 0 Å². The molecule has 0 spiro atoms. The molecular weight excluding hydrogens is 304 g/mol. The first-order chi connectivity index (χ1) is 8.84. The number of amides is 1. The summed E-state index contributed by atoms with van der Waals surface area (Å²) in [4.78, 5) is 11.7. The third-order valence-electron chi connectivity index (χ3n) is 2.52. The minimum absolute atomic E-state index is 0. The smallest absolute Gasteiger partial charge is 0.242 e. The molecule has 114 valence electrons. The van der Waals surface area contributed by atoms with Gasteiger partial charge in [0.2, 0.25) is 5.91 Å². The number of benzene rings is 1. The van der Waals surface area contributed by atoms with Crippen LogP contribution in [0.2, 0.25) is 0 Å². The molecule has 1 unspecified atom stereocenters. The van der Waals surface area contributed by atoms with E-state index in [1.807, 2.05) is 0 Å². The van der Waals surface area contributed by atoms with Gasteiger partial charge >= 0.3 is 0 Å². The zero-order valence-corrected chi connectivity index (χ0v) is 13.0. The van der Waals surface area contributed by atoms with Crippen LogP contribution in [0.4, 0.5) is 5.69 Å². The number of nitrogens with one attached hydrogen (secondary N) is 1. The average molecular weight is 323 g/mol.